The third-order valence-corrected chi connectivity index (χ3v) is 8.90. The number of rotatable bonds is 6. The topological polar surface area (TPSA) is 88.2 Å². The highest BCUT2D eigenvalue weighted by molar-refractivity contribution is 7.89. The lowest BCUT2D eigenvalue weighted by atomic mass is 9.75. The number of nitrogens with one attached hydrogen (secondary N) is 2. The second-order valence-corrected chi connectivity index (χ2v) is 11.5. The van der Waals surface area contributed by atoms with Gasteiger partial charge in [0, 0.05) is 17.8 Å². The molecule has 7 heteroatoms. The van der Waals surface area contributed by atoms with E-state index in [0.29, 0.717) is 35.1 Å². The van der Waals surface area contributed by atoms with E-state index >= 15 is 0 Å². The Labute approximate surface area is 166 Å². The van der Waals surface area contributed by atoms with E-state index in [4.69, 9.17) is 0 Å². The SMILES string of the molecule is O=C(NC1CC2CC3CC(NS(=O)(=O)CC4CC4)(C2)CC3C1)c1ccccn1. The van der Waals surface area contributed by atoms with E-state index in [-0.39, 0.29) is 17.5 Å². The van der Waals surface area contributed by atoms with Crippen LogP contribution in [-0.2, 0) is 10.0 Å². The van der Waals surface area contributed by atoms with E-state index in [1.165, 1.54) is 6.42 Å². The molecule has 0 spiro atoms. The summed E-state index contributed by atoms with van der Waals surface area (Å²) >= 11 is 0. The first-order valence-corrected chi connectivity index (χ1v) is 12.3. The van der Waals surface area contributed by atoms with Crippen molar-refractivity contribution in [2.45, 2.75) is 62.9 Å². The summed E-state index contributed by atoms with van der Waals surface area (Å²) in [6, 6.07) is 5.54. The molecule has 1 aromatic rings. The van der Waals surface area contributed by atoms with Crippen LogP contribution in [-0.4, -0.2) is 36.6 Å². The van der Waals surface area contributed by atoms with Crippen molar-refractivity contribution >= 4 is 15.9 Å². The molecule has 6 nitrogen and oxygen atoms in total. The van der Waals surface area contributed by atoms with Crippen molar-refractivity contribution in [3.05, 3.63) is 30.1 Å². The molecule has 0 aliphatic heterocycles. The van der Waals surface area contributed by atoms with Gasteiger partial charge in [0.15, 0.2) is 0 Å². The monoisotopic (exact) mass is 403 g/mol. The van der Waals surface area contributed by atoms with Crippen molar-refractivity contribution in [2.24, 2.45) is 23.7 Å². The second kappa shape index (κ2) is 6.80. The van der Waals surface area contributed by atoms with Gasteiger partial charge in [-0.15, -0.1) is 0 Å². The zero-order valence-corrected chi connectivity index (χ0v) is 17.0. The number of hydrogen-bond acceptors (Lipinski definition) is 4. The van der Waals surface area contributed by atoms with Crippen molar-refractivity contribution in [1.29, 1.82) is 0 Å². The van der Waals surface area contributed by atoms with Gasteiger partial charge in [0.2, 0.25) is 10.0 Å². The minimum Gasteiger partial charge on any atom is -0.348 e. The molecule has 1 amide bonds. The molecule has 3 bridgehead atoms. The van der Waals surface area contributed by atoms with Crippen LogP contribution in [0.3, 0.4) is 0 Å². The number of carbonyl (C=O) groups is 1. The summed E-state index contributed by atoms with van der Waals surface area (Å²) in [4.78, 5) is 16.7. The van der Waals surface area contributed by atoms with E-state index in [1.54, 1.807) is 12.3 Å². The van der Waals surface area contributed by atoms with Crippen LogP contribution in [0.2, 0.25) is 0 Å². The van der Waals surface area contributed by atoms with E-state index < -0.39 is 10.0 Å². The Balaban J connectivity index is 1.27. The summed E-state index contributed by atoms with van der Waals surface area (Å²) in [5, 5.41) is 3.20. The first-order chi connectivity index (χ1) is 13.4. The van der Waals surface area contributed by atoms with Gasteiger partial charge in [-0.2, -0.15) is 0 Å². The van der Waals surface area contributed by atoms with Crippen LogP contribution >= 0.6 is 0 Å². The van der Waals surface area contributed by atoms with Gasteiger partial charge in [-0.25, -0.2) is 13.1 Å². The van der Waals surface area contributed by atoms with E-state index in [1.807, 2.05) is 12.1 Å². The Kier molecular flexibility index (Phi) is 4.51. The quantitative estimate of drug-likeness (QED) is 0.764. The van der Waals surface area contributed by atoms with Crippen LogP contribution in [0.25, 0.3) is 0 Å². The summed E-state index contributed by atoms with van der Waals surface area (Å²) < 4.78 is 28.4. The highest BCUT2D eigenvalue weighted by Crippen LogP contribution is 2.55. The highest BCUT2D eigenvalue weighted by Gasteiger charge is 2.54. The average Bonchev–Trinajstić information content (AvgIpc) is 3.40. The van der Waals surface area contributed by atoms with Gasteiger partial charge in [0.1, 0.15) is 5.69 Å². The second-order valence-electron chi connectivity index (χ2n) is 9.70. The van der Waals surface area contributed by atoms with Gasteiger partial charge in [0.25, 0.3) is 5.91 Å². The van der Waals surface area contributed by atoms with Crippen LogP contribution in [0.5, 0.6) is 0 Å². The predicted molar refractivity (Wildman–Crippen MR) is 106 cm³/mol. The lowest BCUT2D eigenvalue weighted by Gasteiger charge is -2.39. The van der Waals surface area contributed by atoms with E-state index in [0.717, 1.165) is 44.9 Å². The maximum Gasteiger partial charge on any atom is 0.270 e. The van der Waals surface area contributed by atoms with Crippen LogP contribution in [0, 0.1) is 23.7 Å². The molecule has 4 saturated carbocycles. The Morgan fingerprint density at radius 1 is 1.11 bits per heavy atom. The maximum atomic E-state index is 12.6. The molecule has 5 rings (SSSR count). The molecule has 2 N–H and O–H groups in total. The van der Waals surface area contributed by atoms with Gasteiger partial charge in [-0.05, 0) is 87.2 Å². The number of carbonyl (C=O) groups excluding carboxylic acids is 1. The number of hydrogen-bond donors (Lipinski definition) is 2. The Hall–Kier alpha value is -1.47. The summed E-state index contributed by atoms with van der Waals surface area (Å²) in [6.45, 7) is 0. The normalized spacial score (nSPS) is 36.9. The number of nitrogens with zero attached hydrogens (tertiary/aromatic N) is 1. The molecular weight excluding hydrogens is 374 g/mol. The van der Waals surface area contributed by atoms with Crippen LogP contribution < -0.4 is 10.0 Å². The number of fused-ring (bicyclic) bond motifs is 2. The highest BCUT2D eigenvalue weighted by atomic mass is 32.2. The summed E-state index contributed by atoms with van der Waals surface area (Å²) in [5.74, 6) is 2.13. The molecule has 5 unspecified atom stereocenters. The van der Waals surface area contributed by atoms with Crippen molar-refractivity contribution in [3.63, 3.8) is 0 Å². The molecule has 4 aliphatic rings. The fraction of sp³-hybridized carbons (Fsp3) is 0.714. The lowest BCUT2D eigenvalue weighted by molar-refractivity contribution is 0.0916. The van der Waals surface area contributed by atoms with Crippen LogP contribution in [0.15, 0.2) is 24.4 Å². The Morgan fingerprint density at radius 3 is 2.61 bits per heavy atom. The number of sulfonamides is 1. The zero-order valence-electron chi connectivity index (χ0n) is 16.1. The molecular formula is C21H29N3O3S. The summed E-state index contributed by atoms with van der Waals surface area (Å²) in [5.41, 5.74) is 0.229. The molecule has 28 heavy (non-hydrogen) atoms. The van der Waals surface area contributed by atoms with Crippen molar-refractivity contribution in [2.75, 3.05) is 5.75 Å². The lowest BCUT2D eigenvalue weighted by Crippen LogP contribution is -2.51. The molecule has 152 valence electrons. The van der Waals surface area contributed by atoms with Gasteiger partial charge < -0.3 is 5.32 Å². The van der Waals surface area contributed by atoms with Gasteiger partial charge in [-0.3, -0.25) is 9.78 Å². The predicted octanol–water partition coefficient (Wildman–Crippen LogP) is 2.48. The zero-order chi connectivity index (χ0) is 19.4. The van der Waals surface area contributed by atoms with Gasteiger partial charge in [0.05, 0.1) is 5.75 Å². The number of amides is 1. The molecule has 0 saturated heterocycles. The van der Waals surface area contributed by atoms with Gasteiger partial charge >= 0.3 is 0 Å². The fourth-order valence-electron chi connectivity index (χ4n) is 6.21. The standard InChI is InChI=1S/C21H29N3O3S/c25-20(19-3-1-2-6-22-19)23-18-8-15-7-16-11-21(10-15,12-17(16)9-18)24-28(26,27)13-14-4-5-14/h1-3,6,14-18,24H,4-5,7-13H2,(H,23,25). The molecule has 0 aromatic carbocycles. The summed E-state index contributed by atoms with van der Waals surface area (Å²) in [6.07, 6.45) is 9.63. The molecule has 1 heterocycles. The molecule has 5 atom stereocenters. The first-order valence-electron chi connectivity index (χ1n) is 10.6. The molecule has 4 aliphatic carbocycles. The maximum absolute atomic E-state index is 12.6. The van der Waals surface area contributed by atoms with Gasteiger partial charge in [-0.1, -0.05) is 6.07 Å². The van der Waals surface area contributed by atoms with Crippen LogP contribution in [0.4, 0.5) is 0 Å². The molecule has 0 radical (unpaired) electrons. The smallest absolute Gasteiger partial charge is 0.270 e. The Bertz CT molecular complexity index is 851. The van der Waals surface area contributed by atoms with Crippen molar-refractivity contribution in [1.82, 2.24) is 15.0 Å². The van der Waals surface area contributed by atoms with Crippen LogP contribution in [0.1, 0.15) is 61.9 Å². The number of pyridine rings is 1. The molecule has 4 fully saturated rings. The first kappa shape index (κ1) is 18.6. The molecule has 1 aromatic heterocycles. The summed E-state index contributed by atoms with van der Waals surface area (Å²) in [7, 11) is -3.19. The van der Waals surface area contributed by atoms with Crippen molar-refractivity contribution in [3.8, 4) is 0 Å². The van der Waals surface area contributed by atoms with Crippen molar-refractivity contribution < 1.29 is 13.2 Å². The fourth-order valence-corrected chi connectivity index (χ4v) is 8.16. The number of aromatic nitrogens is 1. The third-order valence-electron chi connectivity index (χ3n) is 7.25. The van der Waals surface area contributed by atoms with E-state index in [9.17, 15) is 13.2 Å². The average molecular weight is 404 g/mol. The van der Waals surface area contributed by atoms with E-state index in [2.05, 4.69) is 15.0 Å². The third kappa shape index (κ3) is 3.83. The minimum atomic E-state index is -3.19. The Morgan fingerprint density at radius 2 is 1.89 bits per heavy atom. The minimum absolute atomic E-state index is 0.0993. The largest absolute Gasteiger partial charge is 0.348 e.